The third-order valence-corrected chi connectivity index (χ3v) is 11.0. The van der Waals surface area contributed by atoms with E-state index >= 15 is 0 Å². The van der Waals surface area contributed by atoms with Gasteiger partial charge >= 0.3 is 19.8 Å². The summed E-state index contributed by atoms with van der Waals surface area (Å²) in [6.07, 6.45) is 42.8. The molecule has 10 nitrogen and oxygen atoms in total. The van der Waals surface area contributed by atoms with Gasteiger partial charge in [-0.2, -0.15) is 0 Å². The van der Waals surface area contributed by atoms with Gasteiger partial charge in [0.15, 0.2) is 6.10 Å². The standard InChI is InChI=1S/C46H87O10P/c1-3-5-7-9-11-13-15-17-19-20-21-22-24-25-27-29-31-33-35-37-45(49)53-41-44(42-55-57(51,52)54-40-43(48)39-47)56-46(50)38-36-34-32-30-28-26-23-18-16-14-12-10-8-6-4-2/h17-19,23,43-44,47-48H,3-16,20-22,24-42H2,1-2H3,(H,51,52)/b19-17+,23-18+/t43-,44+/m0/s1. The van der Waals surface area contributed by atoms with E-state index in [1.54, 1.807) is 0 Å². The molecule has 3 N–H and O–H groups in total. The van der Waals surface area contributed by atoms with Gasteiger partial charge in [-0.25, -0.2) is 4.57 Å². The van der Waals surface area contributed by atoms with Crippen LogP contribution in [0.3, 0.4) is 0 Å². The third-order valence-electron chi connectivity index (χ3n) is 10.1. The van der Waals surface area contributed by atoms with Crippen LogP contribution in [0.25, 0.3) is 0 Å². The fourth-order valence-electron chi connectivity index (χ4n) is 6.45. The molecule has 0 aliphatic carbocycles. The van der Waals surface area contributed by atoms with Gasteiger partial charge in [0.2, 0.25) is 0 Å². The predicted octanol–water partition coefficient (Wildman–Crippen LogP) is 12.6. The smallest absolute Gasteiger partial charge is 0.462 e. The summed E-state index contributed by atoms with van der Waals surface area (Å²) < 4.78 is 32.8. The molecule has 0 aromatic rings. The molecule has 0 aromatic heterocycles. The van der Waals surface area contributed by atoms with E-state index in [2.05, 4.69) is 38.2 Å². The Bertz CT molecular complexity index is 1000. The summed E-state index contributed by atoms with van der Waals surface area (Å²) in [6.45, 7) is 2.38. The van der Waals surface area contributed by atoms with Crippen LogP contribution < -0.4 is 0 Å². The molecular weight excluding hydrogens is 743 g/mol. The Balaban J connectivity index is 4.23. The summed E-state index contributed by atoms with van der Waals surface area (Å²) in [7, 11) is -4.62. The maximum absolute atomic E-state index is 12.6. The van der Waals surface area contributed by atoms with Crippen LogP contribution in [0.1, 0.15) is 219 Å². The predicted molar refractivity (Wildman–Crippen MR) is 233 cm³/mol. The summed E-state index contributed by atoms with van der Waals surface area (Å²) in [4.78, 5) is 35.0. The summed E-state index contributed by atoms with van der Waals surface area (Å²) in [6, 6.07) is 0. The lowest BCUT2D eigenvalue weighted by atomic mass is 10.1. The second-order valence-electron chi connectivity index (χ2n) is 15.8. The summed E-state index contributed by atoms with van der Waals surface area (Å²) in [5.74, 6) is -0.930. The van der Waals surface area contributed by atoms with E-state index < -0.39 is 51.8 Å². The molecule has 0 bridgehead atoms. The van der Waals surface area contributed by atoms with Crippen LogP contribution in [0.15, 0.2) is 24.3 Å². The highest BCUT2D eigenvalue weighted by molar-refractivity contribution is 7.47. The average Bonchev–Trinajstić information content (AvgIpc) is 3.20. The minimum Gasteiger partial charge on any atom is -0.462 e. The molecule has 1 unspecified atom stereocenters. The number of ether oxygens (including phenoxy) is 2. The maximum Gasteiger partial charge on any atom is 0.472 e. The van der Waals surface area contributed by atoms with Gasteiger partial charge in [0.1, 0.15) is 12.7 Å². The molecule has 0 fully saturated rings. The highest BCUT2D eigenvalue weighted by Crippen LogP contribution is 2.43. The van der Waals surface area contributed by atoms with Crippen molar-refractivity contribution in [1.29, 1.82) is 0 Å². The van der Waals surface area contributed by atoms with Gasteiger partial charge in [-0.1, -0.05) is 167 Å². The molecule has 0 radical (unpaired) electrons. The fraction of sp³-hybridized carbons (Fsp3) is 0.870. The number of aliphatic hydroxyl groups is 2. The van der Waals surface area contributed by atoms with E-state index in [4.69, 9.17) is 23.6 Å². The van der Waals surface area contributed by atoms with E-state index in [-0.39, 0.29) is 19.4 Å². The van der Waals surface area contributed by atoms with Gasteiger partial charge in [-0.15, -0.1) is 0 Å². The molecule has 11 heteroatoms. The minimum atomic E-state index is -4.62. The lowest BCUT2D eigenvalue weighted by molar-refractivity contribution is -0.161. The van der Waals surface area contributed by atoms with Crippen molar-refractivity contribution in [3.63, 3.8) is 0 Å². The topological polar surface area (TPSA) is 149 Å². The van der Waals surface area contributed by atoms with Crippen LogP contribution in [0.5, 0.6) is 0 Å². The van der Waals surface area contributed by atoms with E-state index in [9.17, 15) is 24.2 Å². The van der Waals surface area contributed by atoms with Gasteiger partial charge in [0.05, 0.1) is 19.8 Å². The molecule has 0 saturated carbocycles. The number of phosphoric ester groups is 1. The maximum atomic E-state index is 12.6. The molecule has 0 aliphatic heterocycles. The first-order valence-electron chi connectivity index (χ1n) is 23.3. The first kappa shape index (κ1) is 55.5. The van der Waals surface area contributed by atoms with E-state index in [0.717, 1.165) is 57.8 Å². The molecule has 0 heterocycles. The number of aliphatic hydroxyl groups excluding tert-OH is 2. The molecule has 0 saturated heterocycles. The summed E-state index contributed by atoms with van der Waals surface area (Å²) >= 11 is 0. The monoisotopic (exact) mass is 831 g/mol. The number of carbonyl (C=O) groups excluding carboxylic acids is 2. The molecule has 0 spiro atoms. The molecule has 0 aliphatic rings. The summed E-state index contributed by atoms with van der Waals surface area (Å²) in [5.41, 5.74) is 0. The Morgan fingerprint density at radius 1 is 0.509 bits per heavy atom. The zero-order valence-corrected chi connectivity index (χ0v) is 37.5. The zero-order valence-electron chi connectivity index (χ0n) is 36.6. The Hall–Kier alpha value is -1.55. The number of allylic oxidation sites excluding steroid dienone is 4. The fourth-order valence-corrected chi connectivity index (χ4v) is 7.24. The number of hydrogen-bond acceptors (Lipinski definition) is 9. The molecule has 336 valence electrons. The second-order valence-corrected chi connectivity index (χ2v) is 17.2. The molecule has 3 atom stereocenters. The molecular formula is C46H87O10P. The molecule has 0 rings (SSSR count). The van der Waals surface area contributed by atoms with Crippen molar-refractivity contribution < 1.29 is 47.8 Å². The number of hydrogen-bond donors (Lipinski definition) is 3. The highest BCUT2D eigenvalue weighted by Gasteiger charge is 2.27. The van der Waals surface area contributed by atoms with Gasteiger partial charge in [-0.3, -0.25) is 18.6 Å². The largest absolute Gasteiger partial charge is 0.472 e. The average molecular weight is 831 g/mol. The van der Waals surface area contributed by atoms with Gasteiger partial charge in [-0.05, 0) is 64.2 Å². The van der Waals surface area contributed by atoms with Crippen LogP contribution >= 0.6 is 7.82 Å². The highest BCUT2D eigenvalue weighted by atomic mass is 31.2. The van der Waals surface area contributed by atoms with Crippen molar-refractivity contribution in [2.45, 2.75) is 232 Å². The lowest BCUT2D eigenvalue weighted by Gasteiger charge is -2.20. The second kappa shape index (κ2) is 42.6. The Labute approximate surface area is 348 Å². The van der Waals surface area contributed by atoms with Crippen LogP contribution in [-0.4, -0.2) is 65.7 Å². The number of unbranched alkanes of at least 4 members (excludes halogenated alkanes) is 26. The van der Waals surface area contributed by atoms with Crippen molar-refractivity contribution in [3.8, 4) is 0 Å². The third kappa shape index (κ3) is 42.4. The van der Waals surface area contributed by atoms with E-state index in [1.165, 1.54) is 122 Å². The van der Waals surface area contributed by atoms with Crippen molar-refractivity contribution in [2.75, 3.05) is 26.4 Å². The van der Waals surface area contributed by atoms with Crippen LogP contribution in [-0.2, 0) is 32.7 Å². The van der Waals surface area contributed by atoms with Crippen molar-refractivity contribution >= 4 is 19.8 Å². The molecule has 0 amide bonds. The molecule has 0 aromatic carbocycles. The van der Waals surface area contributed by atoms with Crippen LogP contribution in [0, 0.1) is 0 Å². The number of esters is 2. The van der Waals surface area contributed by atoms with Crippen molar-refractivity contribution in [2.24, 2.45) is 0 Å². The normalized spacial score (nSPS) is 14.0. The van der Waals surface area contributed by atoms with Crippen LogP contribution in [0.4, 0.5) is 0 Å². The quantitative estimate of drug-likeness (QED) is 0.0234. The van der Waals surface area contributed by atoms with E-state index in [0.29, 0.717) is 12.8 Å². The van der Waals surface area contributed by atoms with Crippen LogP contribution in [0.2, 0.25) is 0 Å². The minimum absolute atomic E-state index is 0.176. The first-order valence-corrected chi connectivity index (χ1v) is 24.8. The Morgan fingerprint density at radius 2 is 0.860 bits per heavy atom. The van der Waals surface area contributed by atoms with Crippen molar-refractivity contribution in [3.05, 3.63) is 24.3 Å². The number of phosphoric acid groups is 1. The Morgan fingerprint density at radius 3 is 1.26 bits per heavy atom. The first-order chi connectivity index (χ1) is 27.7. The molecule has 57 heavy (non-hydrogen) atoms. The SMILES string of the molecule is CCCCCCCC/C=C/CCCCCCCCCCCC(=O)OC[C@H](COP(=O)(O)OC[C@@H](O)CO)OC(=O)CCCCCCC/C=C/CCCCCCCC. The van der Waals surface area contributed by atoms with Gasteiger partial charge in [0, 0.05) is 12.8 Å². The zero-order chi connectivity index (χ0) is 41.9. The number of carbonyl (C=O) groups is 2. The number of rotatable bonds is 44. The van der Waals surface area contributed by atoms with Gasteiger partial charge < -0.3 is 24.6 Å². The van der Waals surface area contributed by atoms with E-state index in [1.807, 2.05) is 0 Å². The van der Waals surface area contributed by atoms with Crippen molar-refractivity contribution in [1.82, 2.24) is 0 Å². The lowest BCUT2D eigenvalue weighted by Crippen LogP contribution is -2.29. The Kier molecular flexibility index (Phi) is 41.4. The van der Waals surface area contributed by atoms with Gasteiger partial charge in [0.25, 0.3) is 0 Å². The summed E-state index contributed by atoms with van der Waals surface area (Å²) in [5, 5.41) is 18.3.